The van der Waals surface area contributed by atoms with Gasteiger partial charge < -0.3 is 11.1 Å². The molecule has 1 aliphatic heterocycles. The van der Waals surface area contributed by atoms with Crippen LogP contribution in [0.5, 0.6) is 0 Å². The van der Waals surface area contributed by atoms with Crippen LogP contribution in [0.2, 0.25) is 0 Å². The summed E-state index contributed by atoms with van der Waals surface area (Å²) in [6.07, 6.45) is 0.714. The van der Waals surface area contributed by atoms with E-state index in [-0.39, 0.29) is 11.7 Å². The van der Waals surface area contributed by atoms with Crippen molar-refractivity contribution in [2.24, 2.45) is 11.7 Å². The molecule has 0 aliphatic carbocycles. The number of hydrogen-bond acceptors (Lipinski definition) is 4. The number of sulfone groups is 1. The molecule has 1 unspecified atom stereocenters. The molecule has 0 aromatic heterocycles. The lowest BCUT2D eigenvalue weighted by molar-refractivity contribution is 0.596. The van der Waals surface area contributed by atoms with Crippen LogP contribution in [0.1, 0.15) is 12.0 Å². The zero-order valence-electron chi connectivity index (χ0n) is 10.2. The Kier molecular flexibility index (Phi) is 4.47. The quantitative estimate of drug-likeness (QED) is 0.800. The number of nitrogens with two attached hydrogens (primary N) is 1. The Morgan fingerprint density at radius 1 is 1.53 bits per heavy atom. The molecule has 19 heavy (non-hydrogen) atoms. The average molecular weight is 363 g/mol. The van der Waals surface area contributed by atoms with Crippen LogP contribution in [0.15, 0.2) is 22.7 Å². The number of benzene rings is 1. The van der Waals surface area contributed by atoms with Crippen molar-refractivity contribution in [2.45, 2.75) is 6.42 Å². The predicted octanol–water partition coefficient (Wildman–Crippen LogP) is 1.93. The molecule has 2 rings (SSSR count). The van der Waals surface area contributed by atoms with Gasteiger partial charge >= 0.3 is 0 Å². The molecule has 1 aliphatic rings. The van der Waals surface area contributed by atoms with Crippen molar-refractivity contribution in [1.29, 1.82) is 0 Å². The molecule has 0 radical (unpaired) electrons. The van der Waals surface area contributed by atoms with Gasteiger partial charge in [0.1, 0.15) is 4.99 Å². The standard InChI is InChI=1S/C12H15BrN2O2S2/c13-9-2-1-3-10(11(9)12(14)18)15-6-8-4-5-19(16,17)7-8/h1-3,8,15H,4-7H2,(H2,14,18). The number of halogens is 1. The van der Waals surface area contributed by atoms with E-state index in [4.69, 9.17) is 18.0 Å². The summed E-state index contributed by atoms with van der Waals surface area (Å²) >= 11 is 8.45. The van der Waals surface area contributed by atoms with Crippen molar-refractivity contribution in [3.8, 4) is 0 Å². The molecule has 1 fully saturated rings. The highest BCUT2D eigenvalue weighted by Gasteiger charge is 2.27. The van der Waals surface area contributed by atoms with E-state index in [1.807, 2.05) is 18.2 Å². The fourth-order valence-corrected chi connectivity index (χ4v) is 5.00. The molecule has 1 aromatic carbocycles. The molecule has 4 nitrogen and oxygen atoms in total. The van der Waals surface area contributed by atoms with E-state index in [1.165, 1.54) is 0 Å². The molecule has 1 aromatic rings. The first kappa shape index (κ1) is 14.7. The molecule has 7 heteroatoms. The highest BCUT2D eigenvalue weighted by Crippen LogP contribution is 2.26. The van der Waals surface area contributed by atoms with E-state index in [0.717, 1.165) is 15.7 Å². The van der Waals surface area contributed by atoms with Crippen LogP contribution in [0.3, 0.4) is 0 Å². The third kappa shape index (κ3) is 3.67. The summed E-state index contributed by atoms with van der Waals surface area (Å²) in [4.78, 5) is 0.314. The summed E-state index contributed by atoms with van der Waals surface area (Å²) in [6, 6.07) is 5.65. The largest absolute Gasteiger partial charge is 0.389 e. The van der Waals surface area contributed by atoms with E-state index in [1.54, 1.807) is 0 Å². The van der Waals surface area contributed by atoms with Gasteiger partial charge in [-0.25, -0.2) is 8.42 Å². The normalized spacial score (nSPS) is 21.2. The minimum atomic E-state index is -2.83. The van der Waals surface area contributed by atoms with Gasteiger partial charge in [-0.1, -0.05) is 18.3 Å². The Labute approximate surface area is 126 Å². The molecule has 0 spiro atoms. The van der Waals surface area contributed by atoms with E-state index < -0.39 is 9.84 Å². The van der Waals surface area contributed by atoms with Crippen LogP contribution < -0.4 is 11.1 Å². The first-order valence-corrected chi connectivity index (χ1v) is 8.94. The van der Waals surface area contributed by atoms with Gasteiger partial charge in [0.25, 0.3) is 0 Å². The van der Waals surface area contributed by atoms with Crippen LogP contribution in [0, 0.1) is 5.92 Å². The van der Waals surface area contributed by atoms with Crippen LogP contribution in [-0.4, -0.2) is 31.5 Å². The Hall–Kier alpha value is -0.660. The van der Waals surface area contributed by atoms with Crippen molar-refractivity contribution < 1.29 is 8.42 Å². The van der Waals surface area contributed by atoms with Crippen molar-refractivity contribution >= 4 is 48.7 Å². The monoisotopic (exact) mass is 362 g/mol. The van der Waals surface area contributed by atoms with Crippen LogP contribution >= 0.6 is 28.1 Å². The molecular formula is C12H15BrN2O2S2. The number of nitrogens with one attached hydrogen (secondary N) is 1. The molecule has 0 bridgehead atoms. The predicted molar refractivity (Wildman–Crippen MR) is 85.3 cm³/mol. The summed E-state index contributed by atoms with van der Waals surface area (Å²) < 4.78 is 23.6. The molecule has 1 saturated heterocycles. The summed E-state index contributed by atoms with van der Waals surface area (Å²) in [6.45, 7) is 0.616. The molecule has 104 valence electrons. The minimum absolute atomic E-state index is 0.156. The highest BCUT2D eigenvalue weighted by molar-refractivity contribution is 9.10. The highest BCUT2D eigenvalue weighted by atomic mass is 79.9. The van der Waals surface area contributed by atoms with Gasteiger partial charge in [0.05, 0.1) is 11.5 Å². The lowest BCUT2D eigenvalue weighted by Gasteiger charge is -2.15. The smallest absolute Gasteiger partial charge is 0.150 e. The van der Waals surface area contributed by atoms with E-state index >= 15 is 0 Å². The van der Waals surface area contributed by atoms with E-state index in [2.05, 4.69) is 21.2 Å². The van der Waals surface area contributed by atoms with Gasteiger partial charge in [-0.05, 0) is 40.4 Å². The average Bonchev–Trinajstić information content (AvgIpc) is 2.66. The lowest BCUT2D eigenvalue weighted by Crippen LogP contribution is -2.19. The maximum absolute atomic E-state index is 11.4. The van der Waals surface area contributed by atoms with Gasteiger partial charge in [0.2, 0.25) is 0 Å². The van der Waals surface area contributed by atoms with Crippen molar-refractivity contribution in [1.82, 2.24) is 0 Å². The maximum atomic E-state index is 11.4. The summed E-state index contributed by atoms with van der Waals surface area (Å²) in [5.74, 6) is 0.708. The summed E-state index contributed by atoms with van der Waals surface area (Å²) in [7, 11) is -2.83. The van der Waals surface area contributed by atoms with E-state index in [0.29, 0.717) is 23.7 Å². The SMILES string of the molecule is NC(=S)c1c(Br)cccc1NCC1CCS(=O)(=O)C1. The first-order valence-electron chi connectivity index (χ1n) is 5.91. The molecule has 3 N–H and O–H groups in total. The fraction of sp³-hybridized carbons (Fsp3) is 0.417. The summed E-state index contributed by atoms with van der Waals surface area (Å²) in [5, 5.41) is 3.25. The second kappa shape index (κ2) is 5.76. The maximum Gasteiger partial charge on any atom is 0.150 e. The Morgan fingerprint density at radius 3 is 2.84 bits per heavy atom. The van der Waals surface area contributed by atoms with E-state index in [9.17, 15) is 8.42 Å². The minimum Gasteiger partial charge on any atom is -0.389 e. The number of hydrogen-bond donors (Lipinski definition) is 2. The molecule has 0 saturated carbocycles. The van der Waals surface area contributed by atoms with Gasteiger partial charge in [0.15, 0.2) is 9.84 Å². The Balaban J connectivity index is 2.08. The van der Waals surface area contributed by atoms with Gasteiger partial charge in [-0.15, -0.1) is 0 Å². The molecule has 1 atom stereocenters. The second-order valence-electron chi connectivity index (χ2n) is 4.68. The van der Waals surface area contributed by atoms with Crippen molar-refractivity contribution in [3.05, 3.63) is 28.2 Å². The van der Waals surface area contributed by atoms with Crippen molar-refractivity contribution in [2.75, 3.05) is 23.4 Å². The summed E-state index contributed by atoms with van der Waals surface area (Å²) in [5.41, 5.74) is 7.31. The fourth-order valence-electron chi connectivity index (χ4n) is 2.21. The molecule has 1 heterocycles. The lowest BCUT2D eigenvalue weighted by atomic mass is 10.1. The number of thiocarbonyl (C=S) groups is 1. The van der Waals surface area contributed by atoms with Crippen LogP contribution in [0.4, 0.5) is 5.69 Å². The topological polar surface area (TPSA) is 72.2 Å². The molecular weight excluding hydrogens is 348 g/mol. The second-order valence-corrected chi connectivity index (χ2v) is 8.20. The third-order valence-electron chi connectivity index (χ3n) is 3.17. The van der Waals surface area contributed by atoms with Crippen LogP contribution in [0.25, 0.3) is 0 Å². The number of anilines is 1. The zero-order valence-corrected chi connectivity index (χ0v) is 13.4. The van der Waals surface area contributed by atoms with Gasteiger partial charge in [-0.2, -0.15) is 0 Å². The Bertz CT molecular complexity index is 602. The van der Waals surface area contributed by atoms with Gasteiger partial charge in [-0.3, -0.25) is 0 Å². The molecule has 0 amide bonds. The first-order chi connectivity index (χ1) is 8.89. The van der Waals surface area contributed by atoms with Crippen molar-refractivity contribution in [3.63, 3.8) is 0 Å². The number of rotatable bonds is 4. The van der Waals surface area contributed by atoms with Crippen LogP contribution in [-0.2, 0) is 9.84 Å². The third-order valence-corrected chi connectivity index (χ3v) is 5.87. The Morgan fingerprint density at radius 2 is 2.26 bits per heavy atom. The van der Waals surface area contributed by atoms with Gasteiger partial charge in [0, 0.05) is 22.3 Å². The zero-order chi connectivity index (χ0) is 14.0.